The molecule has 3 aromatic carbocycles. The maximum atomic E-state index is 12.5. The van der Waals surface area contributed by atoms with Crippen molar-refractivity contribution in [1.29, 1.82) is 0 Å². The third-order valence-electron chi connectivity index (χ3n) is 7.95. The van der Waals surface area contributed by atoms with Gasteiger partial charge in [-0.25, -0.2) is 4.79 Å². The van der Waals surface area contributed by atoms with Crippen LogP contribution in [-0.4, -0.2) is 59.6 Å². The van der Waals surface area contributed by atoms with E-state index in [0.717, 1.165) is 5.56 Å². The first kappa shape index (κ1) is 31.7. The highest BCUT2D eigenvalue weighted by Crippen LogP contribution is 2.45. The largest absolute Gasteiger partial charge is 0.478 e. The van der Waals surface area contributed by atoms with Gasteiger partial charge in [0.1, 0.15) is 23.0 Å². The highest BCUT2D eigenvalue weighted by Gasteiger charge is 2.33. The third kappa shape index (κ3) is 6.10. The standard InChI is InChI=1S/C33H32N2O9S2/c1-17-6-7-20(31(36)37)23(8-17)30-24-9-21-18(15-45(38,39)40)13-32(2,3)34-26(21)11-28(24)44-29-12-27-22(10-25(29)30)19(16-46(41,42)43)14-33(4,5)35-27/h6-14,34H,15-16H2,1-5H3,(H,36,37)(H,38,39,40)(H,41,42,43). The van der Waals surface area contributed by atoms with Gasteiger partial charge in [-0.3, -0.25) is 14.1 Å². The van der Waals surface area contributed by atoms with Gasteiger partial charge in [-0.05, 0) is 69.5 Å². The molecule has 3 aromatic rings. The fourth-order valence-electron chi connectivity index (χ4n) is 6.41. The van der Waals surface area contributed by atoms with E-state index in [1.54, 1.807) is 62.4 Å². The molecule has 0 atom stereocenters. The van der Waals surface area contributed by atoms with Crippen LogP contribution in [0.5, 0.6) is 11.5 Å². The molecule has 0 spiro atoms. The van der Waals surface area contributed by atoms with E-state index < -0.39 is 48.8 Å². The van der Waals surface area contributed by atoms with Gasteiger partial charge in [0.2, 0.25) is 0 Å². The van der Waals surface area contributed by atoms with Gasteiger partial charge < -0.3 is 15.2 Å². The lowest BCUT2D eigenvalue weighted by atomic mass is 9.84. The molecule has 0 bridgehead atoms. The summed E-state index contributed by atoms with van der Waals surface area (Å²) in [7, 11) is -8.84. The van der Waals surface area contributed by atoms with E-state index in [0.29, 0.717) is 66.7 Å². The zero-order chi connectivity index (χ0) is 33.6. The molecule has 0 aliphatic carbocycles. The number of rotatable bonds is 6. The van der Waals surface area contributed by atoms with E-state index in [1.165, 1.54) is 6.07 Å². The number of nitrogens with one attached hydrogen (secondary N) is 1. The predicted octanol–water partition coefficient (Wildman–Crippen LogP) is 4.20. The van der Waals surface area contributed by atoms with Gasteiger partial charge in [-0.1, -0.05) is 29.8 Å². The van der Waals surface area contributed by atoms with Gasteiger partial charge in [-0.15, -0.1) is 0 Å². The number of hydrogen-bond acceptors (Lipinski definition) is 8. The van der Waals surface area contributed by atoms with Crippen molar-refractivity contribution in [1.82, 2.24) is 0 Å². The second-order valence-electron chi connectivity index (χ2n) is 13.0. The summed E-state index contributed by atoms with van der Waals surface area (Å²) in [4.78, 5) is 17.3. The van der Waals surface area contributed by atoms with Gasteiger partial charge in [0.05, 0.1) is 22.0 Å². The first-order valence-electron chi connectivity index (χ1n) is 14.3. The molecule has 6 rings (SSSR count). The summed E-state index contributed by atoms with van der Waals surface area (Å²) in [5.74, 6) is -1.77. The average Bonchev–Trinajstić information content (AvgIpc) is 2.87. The Balaban J connectivity index is 1.74. The third-order valence-corrected chi connectivity index (χ3v) is 9.30. The second kappa shape index (κ2) is 10.4. The fraction of sp³-hybridized carbons (Fsp3) is 0.273. The SMILES string of the molecule is Cc1ccc(C(=O)O)c(C2=c3cc4c(cc3Oc3cc5c(cc32)C(CS(=O)(=O)O)=CC(C)(C)N5)=NC(C)(C)C=C4CS(=O)(=O)O)c1. The van der Waals surface area contributed by atoms with E-state index in [2.05, 4.69) is 5.32 Å². The Labute approximate surface area is 266 Å². The first-order chi connectivity index (χ1) is 21.2. The molecule has 46 heavy (non-hydrogen) atoms. The van der Waals surface area contributed by atoms with Crippen molar-refractivity contribution in [2.75, 3.05) is 16.8 Å². The normalized spacial score (nSPS) is 17.5. The number of fused-ring (bicyclic) bond motifs is 4. The van der Waals surface area contributed by atoms with E-state index >= 15 is 0 Å². The highest BCUT2D eigenvalue weighted by atomic mass is 32.2. The number of carboxylic acid groups (broad SMARTS) is 1. The summed E-state index contributed by atoms with van der Waals surface area (Å²) in [5, 5.41) is 14.5. The van der Waals surface area contributed by atoms with Crippen molar-refractivity contribution >= 4 is 48.6 Å². The molecule has 0 amide bonds. The van der Waals surface area contributed by atoms with Gasteiger partial charge in [0, 0.05) is 45.3 Å². The molecule has 3 heterocycles. The molecular weight excluding hydrogens is 633 g/mol. The molecule has 0 radical (unpaired) electrons. The summed E-state index contributed by atoms with van der Waals surface area (Å²) < 4.78 is 74.2. The lowest BCUT2D eigenvalue weighted by molar-refractivity contribution is 0.0696. The van der Waals surface area contributed by atoms with Crippen LogP contribution in [-0.2, 0) is 20.2 Å². The number of anilines is 1. The van der Waals surface area contributed by atoms with Crippen molar-refractivity contribution in [3.63, 3.8) is 0 Å². The van der Waals surface area contributed by atoms with E-state index in [4.69, 9.17) is 9.73 Å². The minimum absolute atomic E-state index is 0.00215. The Morgan fingerprint density at radius 1 is 0.826 bits per heavy atom. The zero-order valence-electron chi connectivity index (χ0n) is 25.7. The van der Waals surface area contributed by atoms with E-state index in [1.807, 2.05) is 20.8 Å². The Hall–Kier alpha value is -4.30. The minimum atomic E-state index is -4.43. The van der Waals surface area contributed by atoms with E-state index in [-0.39, 0.29) is 5.56 Å². The Bertz CT molecular complexity index is 2300. The second-order valence-corrected chi connectivity index (χ2v) is 15.9. The molecule has 240 valence electrons. The average molecular weight is 665 g/mol. The van der Waals surface area contributed by atoms with Gasteiger partial charge in [0.15, 0.2) is 0 Å². The first-order valence-corrected chi connectivity index (χ1v) is 17.5. The monoisotopic (exact) mass is 664 g/mol. The molecule has 3 aliphatic heterocycles. The number of nitrogens with zero attached hydrogens (tertiary/aromatic N) is 1. The number of aryl methyl sites for hydroxylation is 1. The van der Waals surface area contributed by atoms with Crippen LogP contribution < -0.4 is 20.6 Å². The van der Waals surface area contributed by atoms with Crippen molar-refractivity contribution in [2.24, 2.45) is 4.99 Å². The molecule has 13 heteroatoms. The highest BCUT2D eigenvalue weighted by molar-refractivity contribution is 7.86. The van der Waals surface area contributed by atoms with Crippen molar-refractivity contribution in [2.45, 2.75) is 45.7 Å². The number of hydrogen-bond donors (Lipinski definition) is 4. The van der Waals surface area contributed by atoms with Crippen molar-refractivity contribution < 1.29 is 40.6 Å². The zero-order valence-corrected chi connectivity index (χ0v) is 27.3. The number of aromatic carboxylic acids is 1. The quantitative estimate of drug-likeness (QED) is 0.218. The van der Waals surface area contributed by atoms with Gasteiger partial charge in [0.25, 0.3) is 20.2 Å². The van der Waals surface area contributed by atoms with Crippen LogP contribution in [0.4, 0.5) is 5.69 Å². The van der Waals surface area contributed by atoms with Crippen LogP contribution in [0.2, 0.25) is 0 Å². The van der Waals surface area contributed by atoms with Crippen LogP contribution in [0, 0.1) is 6.92 Å². The molecule has 0 fully saturated rings. The number of carbonyl (C=O) groups is 1. The van der Waals surface area contributed by atoms with Crippen LogP contribution in [0.15, 0.2) is 59.6 Å². The van der Waals surface area contributed by atoms with Crippen molar-refractivity contribution in [3.05, 3.63) is 98.6 Å². The van der Waals surface area contributed by atoms with Crippen LogP contribution in [0.1, 0.15) is 65.9 Å². The Morgan fingerprint density at radius 2 is 1.48 bits per heavy atom. The number of benzene rings is 3. The number of ether oxygens (including phenoxy) is 1. The smallest absolute Gasteiger partial charge is 0.336 e. The molecule has 3 aliphatic rings. The van der Waals surface area contributed by atoms with Crippen LogP contribution in [0.3, 0.4) is 0 Å². The lowest BCUT2D eigenvalue weighted by Gasteiger charge is -2.34. The molecule has 4 N–H and O–H groups in total. The summed E-state index contributed by atoms with van der Waals surface area (Å²) in [5.41, 5.74) is 2.71. The van der Waals surface area contributed by atoms with Gasteiger partial charge >= 0.3 is 5.97 Å². The number of carboxylic acids is 1. The van der Waals surface area contributed by atoms with Crippen LogP contribution >= 0.6 is 0 Å². The predicted molar refractivity (Wildman–Crippen MR) is 174 cm³/mol. The summed E-state index contributed by atoms with van der Waals surface area (Å²) in [6.45, 7) is 9.13. The molecule has 0 unspecified atom stereocenters. The molecule has 0 saturated carbocycles. The summed E-state index contributed by atoms with van der Waals surface area (Å²) in [6, 6.07) is 11.7. The molecule has 0 aromatic heterocycles. The molecule has 11 nitrogen and oxygen atoms in total. The topological polar surface area (TPSA) is 180 Å². The summed E-state index contributed by atoms with van der Waals surface area (Å²) >= 11 is 0. The Kier molecular flexibility index (Phi) is 7.13. The maximum absolute atomic E-state index is 12.5. The molecular formula is C33H32N2O9S2. The van der Waals surface area contributed by atoms with E-state index in [9.17, 15) is 35.8 Å². The fourth-order valence-corrected chi connectivity index (χ4v) is 7.67. The maximum Gasteiger partial charge on any atom is 0.336 e. The van der Waals surface area contributed by atoms with Gasteiger partial charge in [-0.2, -0.15) is 16.8 Å². The van der Waals surface area contributed by atoms with Crippen LogP contribution in [0.25, 0.3) is 16.7 Å². The Morgan fingerprint density at radius 3 is 2.11 bits per heavy atom. The molecule has 0 saturated heterocycles. The summed E-state index contributed by atoms with van der Waals surface area (Å²) in [6.07, 6.45) is 3.38. The lowest BCUT2D eigenvalue weighted by Crippen LogP contribution is -2.33. The minimum Gasteiger partial charge on any atom is -0.478 e. The van der Waals surface area contributed by atoms with Crippen molar-refractivity contribution in [3.8, 4) is 11.5 Å².